The van der Waals surface area contributed by atoms with Gasteiger partial charge < -0.3 is 14.5 Å². The van der Waals surface area contributed by atoms with Crippen molar-refractivity contribution in [2.24, 2.45) is 0 Å². The fraction of sp³-hybridized carbons (Fsp3) is 0.322. The van der Waals surface area contributed by atoms with Crippen LogP contribution in [0.15, 0.2) is 133 Å². The van der Waals surface area contributed by atoms with Crippen LogP contribution < -0.4 is 30.2 Å². The van der Waals surface area contributed by atoms with Crippen molar-refractivity contribution < 1.29 is 4.74 Å². The fourth-order valence-electron chi connectivity index (χ4n) is 11.5. The van der Waals surface area contributed by atoms with E-state index in [0.717, 1.165) is 17.9 Å². The molecule has 0 bridgehead atoms. The molecule has 0 atom stereocenters. The summed E-state index contributed by atoms with van der Waals surface area (Å²) >= 11 is 2.10. The van der Waals surface area contributed by atoms with Crippen LogP contribution in [0, 0.1) is 6.92 Å². The van der Waals surface area contributed by atoms with Crippen molar-refractivity contribution in [3.05, 3.63) is 177 Å². The molecule has 0 saturated carbocycles. The van der Waals surface area contributed by atoms with Crippen molar-refractivity contribution in [3.8, 4) is 5.75 Å². The van der Waals surface area contributed by atoms with E-state index in [1.807, 2.05) is 0 Å². The van der Waals surface area contributed by atoms with Crippen LogP contribution in [-0.2, 0) is 27.1 Å². The predicted octanol–water partition coefficient (Wildman–Crippen LogP) is 13.8. The highest BCUT2D eigenvalue weighted by atomic mass is 32.1. The molecule has 64 heavy (non-hydrogen) atoms. The Hall–Kier alpha value is -5.52. The molecule has 3 aliphatic heterocycles. The van der Waals surface area contributed by atoms with Crippen LogP contribution >= 0.6 is 11.3 Å². The van der Waals surface area contributed by atoms with Gasteiger partial charge in [0, 0.05) is 49.7 Å². The molecule has 0 spiro atoms. The molecule has 0 saturated heterocycles. The molecule has 7 aromatic rings. The van der Waals surface area contributed by atoms with E-state index in [1.54, 1.807) is 4.88 Å². The van der Waals surface area contributed by atoms with Crippen LogP contribution in [0.1, 0.15) is 126 Å². The number of benzene rings is 6. The topological polar surface area (TPSA) is 15.7 Å². The van der Waals surface area contributed by atoms with Gasteiger partial charge in [0.1, 0.15) is 12.4 Å². The third kappa shape index (κ3) is 6.05. The summed E-state index contributed by atoms with van der Waals surface area (Å²) in [7, 11) is 0. The molecular formula is C59H61BN2OS. The molecule has 4 heterocycles. The monoisotopic (exact) mass is 856 g/mol. The Labute approximate surface area is 386 Å². The molecule has 6 aromatic carbocycles. The first-order valence-electron chi connectivity index (χ1n) is 23.4. The van der Waals surface area contributed by atoms with Gasteiger partial charge in [-0.25, -0.2) is 0 Å². The lowest BCUT2D eigenvalue weighted by molar-refractivity contribution is 0.313. The van der Waals surface area contributed by atoms with Crippen LogP contribution in [0.25, 0.3) is 0 Å². The number of fused-ring (bicyclic) bond motifs is 7. The van der Waals surface area contributed by atoms with Crippen molar-refractivity contribution in [3.63, 3.8) is 0 Å². The first-order valence-corrected chi connectivity index (χ1v) is 24.3. The Morgan fingerprint density at radius 1 is 0.594 bits per heavy atom. The number of hydrogen-bond acceptors (Lipinski definition) is 4. The predicted molar refractivity (Wildman–Crippen MR) is 274 cm³/mol. The van der Waals surface area contributed by atoms with E-state index in [4.69, 9.17) is 4.74 Å². The van der Waals surface area contributed by atoms with Crippen LogP contribution in [0.4, 0.5) is 34.1 Å². The van der Waals surface area contributed by atoms with Gasteiger partial charge in [0.25, 0.3) is 6.71 Å². The number of ether oxygens (including phenoxy) is 1. The molecule has 3 nitrogen and oxygen atoms in total. The molecule has 0 unspecified atom stereocenters. The average Bonchev–Trinajstić information content (AvgIpc) is 3.86. The molecule has 4 aliphatic rings. The minimum atomic E-state index is -0.473. The summed E-state index contributed by atoms with van der Waals surface area (Å²) < 4.78 is 8.48. The van der Waals surface area contributed by atoms with Gasteiger partial charge in [-0.3, -0.25) is 0 Å². The van der Waals surface area contributed by atoms with Crippen LogP contribution in [0.3, 0.4) is 0 Å². The summed E-state index contributed by atoms with van der Waals surface area (Å²) in [5, 5.41) is 0. The summed E-state index contributed by atoms with van der Waals surface area (Å²) in [4.78, 5) is 6.79. The second-order valence-electron chi connectivity index (χ2n) is 22.5. The molecule has 0 radical (unpaired) electrons. The Kier molecular flexibility index (Phi) is 9.01. The molecule has 1 aliphatic carbocycles. The quantitative estimate of drug-likeness (QED) is 0.164. The highest BCUT2D eigenvalue weighted by molar-refractivity contribution is 7.29. The maximum absolute atomic E-state index is 7.02. The van der Waals surface area contributed by atoms with Gasteiger partial charge in [-0.1, -0.05) is 160 Å². The second kappa shape index (κ2) is 14.0. The number of nitrogens with zero attached hydrogens (tertiary/aromatic N) is 2. The minimum absolute atomic E-state index is 0.00256. The molecule has 1 aromatic heterocycles. The van der Waals surface area contributed by atoms with Gasteiger partial charge in [-0.05, 0) is 122 Å². The maximum Gasteiger partial charge on any atom is 0.264 e. The number of rotatable bonds is 4. The van der Waals surface area contributed by atoms with Crippen molar-refractivity contribution in [2.45, 2.75) is 116 Å². The maximum atomic E-state index is 7.02. The summed E-state index contributed by atoms with van der Waals surface area (Å²) in [6, 6.07) is 51.0. The summed E-state index contributed by atoms with van der Waals surface area (Å²) in [5.41, 5.74) is 19.1. The second-order valence-corrected chi connectivity index (χ2v) is 23.6. The van der Waals surface area contributed by atoms with Crippen molar-refractivity contribution in [1.82, 2.24) is 0 Å². The van der Waals surface area contributed by atoms with Crippen LogP contribution in [-0.4, -0.2) is 13.3 Å². The van der Waals surface area contributed by atoms with Crippen molar-refractivity contribution >= 4 is 67.9 Å². The van der Waals surface area contributed by atoms with Crippen LogP contribution in [0.5, 0.6) is 5.75 Å². The normalized spacial score (nSPS) is 17.5. The van der Waals surface area contributed by atoms with Gasteiger partial charge in [-0.2, -0.15) is 11.3 Å². The van der Waals surface area contributed by atoms with E-state index >= 15 is 0 Å². The largest absolute Gasteiger partial charge is 0.492 e. The fourth-order valence-corrected chi connectivity index (χ4v) is 13.2. The van der Waals surface area contributed by atoms with Crippen LogP contribution in [0.2, 0.25) is 0 Å². The van der Waals surface area contributed by atoms with Crippen molar-refractivity contribution in [1.29, 1.82) is 0 Å². The summed E-state index contributed by atoms with van der Waals surface area (Å²) in [6.07, 6.45) is 2.32. The standard InChI is InChI=1S/C59H61BN2OS/c1-37-32-47-51-48(33-37)62(43-28-24-39(25-29-43)56(5,6)7)52-50-53(58(10,11)31-30-57(50,8)9)64-54(52)60(51)45-34-44-49(35-46(45)61(47)42-26-22-38(23-27-42)55(2,3)4)63-36-59(44,40-18-14-12-15-19-40)41-20-16-13-17-21-41/h12-29,32-35H,30-31,36H2,1-11H3. The lowest BCUT2D eigenvalue weighted by Gasteiger charge is -2.45. The molecule has 0 N–H and O–H groups in total. The summed E-state index contributed by atoms with van der Waals surface area (Å²) in [5.74, 6) is 0.962. The number of hydrogen-bond donors (Lipinski definition) is 0. The molecule has 11 rings (SSSR count). The third-order valence-electron chi connectivity index (χ3n) is 15.2. The highest BCUT2D eigenvalue weighted by Crippen LogP contribution is 2.57. The molecular weight excluding hydrogens is 796 g/mol. The Morgan fingerprint density at radius 3 is 1.66 bits per heavy atom. The first kappa shape index (κ1) is 41.2. The first-order chi connectivity index (χ1) is 30.4. The van der Waals surface area contributed by atoms with Crippen molar-refractivity contribution in [2.75, 3.05) is 16.4 Å². The van der Waals surface area contributed by atoms with E-state index in [9.17, 15) is 0 Å². The zero-order valence-corrected chi connectivity index (χ0v) is 40.4. The summed E-state index contributed by atoms with van der Waals surface area (Å²) in [6.45, 7) is 26.7. The lowest BCUT2D eigenvalue weighted by atomic mass is 9.35. The SMILES string of the molecule is Cc1cc2c3c(c1)N(c1ccc(C(C)(C)C)cc1)c1c(sc4c1C(C)(C)CCC4(C)C)B3c1cc3c(cc1N2c1ccc(C(C)(C)C)cc1)OCC3(c1ccccc1)c1ccccc1. The van der Waals surface area contributed by atoms with E-state index < -0.39 is 5.41 Å². The lowest BCUT2D eigenvalue weighted by Crippen LogP contribution is -2.61. The van der Waals surface area contributed by atoms with E-state index in [1.165, 1.54) is 89.5 Å². The van der Waals surface area contributed by atoms with Gasteiger partial charge in [0.15, 0.2) is 0 Å². The van der Waals surface area contributed by atoms with Gasteiger partial charge in [0.05, 0.1) is 11.1 Å². The van der Waals surface area contributed by atoms with E-state index in [0.29, 0.717) is 6.61 Å². The average molecular weight is 857 g/mol. The number of thiophene rings is 1. The molecule has 5 heteroatoms. The molecule has 322 valence electrons. The minimum Gasteiger partial charge on any atom is -0.492 e. The highest BCUT2D eigenvalue weighted by Gasteiger charge is 2.52. The van der Waals surface area contributed by atoms with E-state index in [-0.39, 0.29) is 28.4 Å². The third-order valence-corrected chi connectivity index (χ3v) is 16.8. The zero-order valence-electron chi connectivity index (χ0n) is 39.6. The number of aryl methyl sites for hydroxylation is 1. The Balaban J connectivity index is 1.26. The smallest absolute Gasteiger partial charge is 0.264 e. The van der Waals surface area contributed by atoms with Gasteiger partial charge in [0.2, 0.25) is 0 Å². The zero-order chi connectivity index (χ0) is 44.7. The Bertz CT molecular complexity index is 2930. The van der Waals surface area contributed by atoms with Gasteiger partial charge in [-0.15, -0.1) is 0 Å². The molecule has 0 amide bonds. The van der Waals surface area contributed by atoms with E-state index in [2.05, 4.69) is 231 Å². The molecule has 0 fully saturated rings. The number of anilines is 6. The Morgan fingerprint density at radius 2 is 1.11 bits per heavy atom. The van der Waals surface area contributed by atoms with Gasteiger partial charge >= 0.3 is 0 Å².